The van der Waals surface area contributed by atoms with E-state index < -0.39 is 0 Å². The fourth-order valence-electron chi connectivity index (χ4n) is 2.67. The van der Waals surface area contributed by atoms with E-state index in [1.807, 2.05) is 42.5 Å². The van der Waals surface area contributed by atoms with Crippen LogP contribution in [0.2, 0.25) is 5.02 Å². The Labute approximate surface area is 143 Å². The third-order valence-electron chi connectivity index (χ3n) is 3.83. The summed E-state index contributed by atoms with van der Waals surface area (Å²) >= 11 is 6.16. The molecule has 0 saturated heterocycles. The van der Waals surface area contributed by atoms with Crippen LogP contribution in [0, 0.1) is 0 Å². The summed E-state index contributed by atoms with van der Waals surface area (Å²) in [6.45, 7) is 0. The van der Waals surface area contributed by atoms with Crippen molar-refractivity contribution in [2.24, 2.45) is 0 Å². The summed E-state index contributed by atoms with van der Waals surface area (Å²) in [5.41, 5.74) is 2.28. The normalized spacial score (nSPS) is 10.9. The van der Waals surface area contributed by atoms with Crippen LogP contribution in [0.1, 0.15) is 10.4 Å². The molecule has 0 atom stereocenters. The summed E-state index contributed by atoms with van der Waals surface area (Å²) < 4.78 is 6.14. The summed E-state index contributed by atoms with van der Waals surface area (Å²) in [5, 5.41) is 2.38. The summed E-state index contributed by atoms with van der Waals surface area (Å²) in [5.74, 6) is 1.36. The van der Waals surface area contributed by atoms with Gasteiger partial charge in [0.05, 0.1) is 11.0 Å². The van der Waals surface area contributed by atoms with Gasteiger partial charge in [0.15, 0.2) is 0 Å². The van der Waals surface area contributed by atoms with Crippen molar-refractivity contribution in [1.82, 2.24) is 4.98 Å². The molecule has 1 heterocycles. The van der Waals surface area contributed by atoms with Crippen molar-refractivity contribution in [2.45, 2.75) is 0 Å². The number of pyridine rings is 1. The molecule has 0 amide bonds. The van der Waals surface area contributed by atoms with Crippen molar-refractivity contribution in [1.29, 1.82) is 0 Å². The number of carbonyl (C=O) groups excluding carboxylic acids is 1. The quantitative estimate of drug-likeness (QED) is 0.359. The van der Waals surface area contributed by atoms with Gasteiger partial charge in [-0.3, -0.25) is 4.79 Å². The highest BCUT2D eigenvalue weighted by atomic mass is 35.5. The highest BCUT2D eigenvalue weighted by molar-refractivity contribution is 6.31. The van der Waals surface area contributed by atoms with Crippen molar-refractivity contribution in [3.8, 4) is 11.5 Å². The van der Waals surface area contributed by atoms with Crippen molar-refractivity contribution in [2.75, 3.05) is 0 Å². The average molecular weight is 334 g/mol. The Balaban J connectivity index is 1.95. The van der Waals surface area contributed by atoms with Crippen LogP contribution in [-0.4, -0.2) is 11.3 Å². The topological polar surface area (TPSA) is 39.2 Å². The molecule has 0 saturated carbocycles. The molecule has 3 aromatic carbocycles. The number of nitrogens with zero attached hydrogens (tertiary/aromatic N) is 1. The van der Waals surface area contributed by atoms with E-state index in [0.717, 1.165) is 28.1 Å². The van der Waals surface area contributed by atoms with Gasteiger partial charge < -0.3 is 4.74 Å². The average Bonchev–Trinajstić information content (AvgIpc) is 2.62. The lowest BCUT2D eigenvalue weighted by Gasteiger charge is -2.12. The van der Waals surface area contributed by atoms with E-state index in [2.05, 4.69) is 4.98 Å². The lowest BCUT2D eigenvalue weighted by atomic mass is 10.1. The van der Waals surface area contributed by atoms with Gasteiger partial charge in [-0.25, -0.2) is 4.98 Å². The summed E-state index contributed by atoms with van der Waals surface area (Å²) in [6, 6.07) is 20.4. The molecule has 0 radical (unpaired) electrons. The molecule has 0 aliphatic carbocycles. The van der Waals surface area contributed by atoms with E-state index in [1.165, 1.54) is 0 Å². The third kappa shape index (κ3) is 2.59. The Hall–Kier alpha value is -2.91. The van der Waals surface area contributed by atoms with Crippen LogP contribution in [0.3, 0.4) is 0 Å². The molecule has 4 heteroatoms. The van der Waals surface area contributed by atoms with E-state index in [0.29, 0.717) is 22.1 Å². The van der Waals surface area contributed by atoms with Gasteiger partial charge in [0.25, 0.3) is 0 Å². The standard InChI is InChI=1S/C20H12ClNO2/c21-14-7-10-19-17(11-14)20(16-3-1-2-4-18(16)22-19)24-15-8-5-13(12-23)6-9-15/h1-12H. The van der Waals surface area contributed by atoms with Gasteiger partial charge in [-0.1, -0.05) is 23.7 Å². The number of para-hydroxylation sites is 1. The van der Waals surface area contributed by atoms with Gasteiger partial charge in [-0.05, 0) is 54.6 Å². The van der Waals surface area contributed by atoms with Crippen molar-refractivity contribution >= 4 is 39.7 Å². The number of carbonyl (C=O) groups is 1. The molecular weight excluding hydrogens is 322 g/mol. The van der Waals surface area contributed by atoms with Gasteiger partial charge >= 0.3 is 0 Å². The second-order valence-electron chi connectivity index (χ2n) is 5.41. The zero-order chi connectivity index (χ0) is 16.5. The first-order valence-electron chi connectivity index (χ1n) is 7.46. The van der Waals surface area contributed by atoms with E-state index in [9.17, 15) is 4.79 Å². The molecule has 0 bridgehead atoms. The zero-order valence-corrected chi connectivity index (χ0v) is 13.3. The van der Waals surface area contributed by atoms with E-state index in [4.69, 9.17) is 16.3 Å². The molecule has 116 valence electrons. The van der Waals surface area contributed by atoms with Crippen molar-refractivity contribution in [3.05, 3.63) is 77.3 Å². The van der Waals surface area contributed by atoms with E-state index >= 15 is 0 Å². The lowest BCUT2D eigenvalue weighted by Crippen LogP contribution is -1.91. The molecule has 3 nitrogen and oxygen atoms in total. The highest BCUT2D eigenvalue weighted by Crippen LogP contribution is 2.37. The van der Waals surface area contributed by atoms with Crippen LogP contribution in [0.4, 0.5) is 0 Å². The largest absolute Gasteiger partial charge is 0.456 e. The molecule has 0 N–H and O–H groups in total. The highest BCUT2D eigenvalue weighted by Gasteiger charge is 2.12. The van der Waals surface area contributed by atoms with Crippen molar-refractivity contribution < 1.29 is 9.53 Å². The number of rotatable bonds is 3. The summed E-state index contributed by atoms with van der Waals surface area (Å²) in [4.78, 5) is 15.5. The number of halogens is 1. The minimum absolute atomic E-state index is 0.606. The minimum Gasteiger partial charge on any atom is -0.456 e. The minimum atomic E-state index is 0.606. The Kier molecular flexibility index (Phi) is 3.63. The Bertz CT molecular complexity index is 1060. The van der Waals surface area contributed by atoms with Gasteiger partial charge in [0.1, 0.15) is 17.8 Å². The maximum absolute atomic E-state index is 10.8. The number of aldehydes is 1. The molecule has 1 aromatic heterocycles. The fourth-order valence-corrected chi connectivity index (χ4v) is 2.84. The van der Waals surface area contributed by atoms with Gasteiger partial charge in [-0.15, -0.1) is 0 Å². The Morgan fingerprint density at radius 3 is 2.42 bits per heavy atom. The lowest BCUT2D eigenvalue weighted by molar-refractivity contribution is 0.112. The van der Waals surface area contributed by atoms with Gasteiger partial charge in [0, 0.05) is 21.4 Å². The first-order valence-corrected chi connectivity index (χ1v) is 7.83. The number of fused-ring (bicyclic) bond motifs is 2. The Morgan fingerprint density at radius 2 is 1.62 bits per heavy atom. The molecule has 0 spiro atoms. The zero-order valence-electron chi connectivity index (χ0n) is 12.6. The molecule has 0 aliphatic rings. The molecular formula is C20H12ClNO2. The predicted molar refractivity (Wildman–Crippen MR) is 96.2 cm³/mol. The van der Waals surface area contributed by atoms with Crippen LogP contribution < -0.4 is 4.74 Å². The van der Waals surface area contributed by atoms with E-state index in [1.54, 1.807) is 24.3 Å². The number of aromatic nitrogens is 1. The molecule has 0 unspecified atom stereocenters. The van der Waals surface area contributed by atoms with E-state index in [-0.39, 0.29) is 0 Å². The first-order chi connectivity index (χ1) is 11.7. The molecule has 4 aromatic rings. The smallest absolute Gasteiger partial charge is 0.150 e. The third-order valence-corrected chi connectivity index (χ3v) is 4.06. The number of hydrogen-bond acceptors (Lipinski definition) is 3. The monoisotopic (exact) mass is 333 g/mol. The molecule has 24 heavy (non-hydrogen) atoms. The van der Waals surface area contributed by atoms with Crippen LogP contribution in [0.5, 0.6) is 11.5 Å². The number of hydrogen-bond donors (Lipinski definition) is 0. The van der Waals surface area contributed by atoms with Crippen LogP contribution in [-0.2, 0) is 0 Å². The summed E-state index contributed by atoms with van der Waals surface area (Å²) in [7, 11) is 0. The first kappa shape index (κ1) is 14.7. The second kappa shape index (κ2) is 5.95. The Morgan fingerprint density at radius 1 is 0.875 bits per heavy atom. The SMILES string of the molecule is O=Cc1ccc(Oc2c3ccccc3nc3ccc(Cl)cc23)cc1. The summed E-state index contributed by atoms with van der Waals surface area (Å²) in [6.07, 6.45) is 0.806. The van der Waals surface area contributed by atoms with Gasteiger partial charge in [0.2, 0.25) is 0 Å². The van der Waals surface area contributed by atoms with Crippen molar-refractivity contribution in [3.63, 3.8) is 0 Å². The predicted octanol–water partition coefficient (Wildman–Crippen LogP) is 5.65. The van der Waals surface area contributed by atoms with Crippen LogP contribution in [0.25, 0.3) is 21.8 Å². The number of ether oxygens (including phenoxy) is 1. The van der Waals surface area contributed by atoms with Gasteiger partial charge in [-0.2, -0.15) is 0 Å². The van der Waals surface area contributed by atoms with Crippen LogP contribution >= 0.6 is 11.6 Å². The molecule has 0 fully saturated rings. The maximum Gasteiger partial charge on any atom is 0.150 e. The molecule has 0 aliphatic heterocycles. The van der Waals surface area contributed by atoms with Crippen LogP contribution in [0.15, 0.2) is 66.7 Å². The maximum atomic E-state index is 10.8. The fraction of sp³-hybridized carbons (Fsp3) is 0. The second-order valence-corrected chi connectivity index (χ2v) is 5.84. The molecule has 4 rings (SSSR count). The number of benzene rings is 3.